The van der Waals surface area contributed by atoms with Crippen LogP contribution in [0.3, 0.4) is 0 Å². The van der Waals surface area contributed by atoms with Crippen LogP contribution < -0.4 is 10.9 Å². The van der Waals surface area contributed by atoms with Crippen molar-refractivity contribution >= 4 is 22.6 Å². The third-order valence-corrected chi connectivity index (χ3v) is 6.34. The maximum atomic E-state index is 13.8. The number of amides is 2. The second kappa shape index (κ2) is 10.1. The lowest BCUT2D eigenvalue weighted by Crippen LogP contribution is -2.39. The highest BCUT2D eigenvalue weighted by Crippen LogP contribution is 2.26. The first-order valence-corrected chi connectivity index (χ1v) is 12.2. The van der Waals surface area contributed by atoms with E-state index in [-0.39, 0.29) is 18.1 Å². The molecule has 0 fully saturated rings. The van der Waals surface area contributed by atoms with Crippen molar-refractivity contribution in [2.75, 3.05) is 5.32 Å². The summed E-state index contributed by atoms with van der Waals surface area (Å²) in [6.07, 6.45) is 1.58. The van der Waals surface area contributed by atoms with Crippen LogP contribution in [0, 0.1) is 13.8 Å². The molecule has 0 bridgehead atoms. The molecule has 2 heterocycles. The van der Waals surface area contributed by atoms with Gasteiger partial charge < -0.3 is 14.6 Å². The van der Waals surface area contributed by atoms with E-state index >= 15 is 0 Å². The zero-order chi connectivity index (χ0) is 25.9. The molecule has 7 nitrogen and oxygen atoms in total. The summed E-state index contributed by atoms with van der Waals surface area (Å²) in [4.78, 5) is 34.0. The molecule has 3 aromatic carbocycles. The van der Waals surface area contributed by atoms with Gasteiger partial charge in [0.2, 0.25) is 0 Å². The number of nitrogens with zero attached hydrogens (tertiary/aromatic N) is 3. The van der Waals surface area contributed by atoms with Gasteiger partial charge in [-0.3, -0.25) is 9.36 Å². The molecule has 186 valence electrons. The molecular formula is C30H28N4O3. The third kappa shape index (κ3) is 5.02. The molecule has 1 unspecified atom stereocenters. The summed E-state index contributed by atoms with van der Waals surface area (Å²) in [5.74, 6) is 1.08. The average Bonchev–Trinajstić information content (AvgIpc) is 3.40. The standard InChI is InChI=1S/C30H28N4O3/c1-20-9-6-11-23(17-20)31-30(36)33(19-25-13-8-16-37-25)22(3)28-32-27-15-5-4-14-26(27)29(35)34(28)24-12-7-10-21(2)18-24/h4-18,22H,19H2,1-3H3,(H,31,36). The van der Waals surface area contributed by atoms with E-state index in [2.05, 4.69) is 5.32 Å². The number of hydrogen-bond donors (Lipinski definition) is 1. The minimum atomic E-state index is -0.576. The molecule has 0 aliphatic heterocycles. The Hall–Kier alpha value is -4.65. The molecule has 0 saturated carbocycles. The number of furan rings is 1. The van der Waals surface area contributed by atoms with Crippen molar-refractivity contribution in [1.82, 2.24) is 14.5 Å². The number of aromatic nitrogens is 2. The van der Waals surface area contributed by atoms with Gasteiger partial charge in [0.05, 0.1) is 35.4 Å². The number of urea groups is 1. The molecule has 0 aliphatic rings. The predicted molar refractivity (Wildman–Crippen MR) is 145 cm³/mol. The quantitative estimate of drug-likeness (QED) is 0.298. The predicted octanol–water partition coefficient (Wildman–Crippen LogP) is 6.39. The van der Waals surface area contributed by atoms with Crippen LogP contribution in [0.5, 0.6) is 0 Å². The van der Waals surface area contributed by atoms with Crippen molar-refractivity contribution in [3.8, 4) is 5.69 Å². The Kier molecular flexibility index (Phi) is 6.60. The van der Waals surface area contributed by atoms with Gasteiger partial charge in [-0.15, -0.1) is 0 Å². The Balaban J connectivity index is 1.64. The first-order valence-electron chi connectivity index (χ1n) is 12.2. The fraction of sp³-hybridized carbons (Fsp3) is 0.167. The third-order valence-electron chi connectivity index (χ3n) is 6.34. The molecule has 5 rings (SSSR count). The fourth-order valence-electron chi connectivity index (χ4n) is 4.46. The Morgan fingerprint density at radius 3 is 2.46 bits per heavy atom. The number of para-hydroxylation sites is 1. The second-order valence-electron chi connectivity index (χ2n) is 9.15. The monoisotopic (exact) mass is 492 g/mol. The lowest BCUT2D eigenvalue weighted by atomic mass is 10.1. The first kappa shape index (κ1) is 24.1. The average molecular weight is 493 g/mol. The van der Waals surface area contributed by atoms with E-state index in [1.807, 2.05) is 93.6 Å². The van der Waals surface area contributed by atoms with E-state index in [1.165, 1.54) is 0 Å². The lowest BCUT2D eigenvalue weighted by molar-refractivity contribution is 0.179. The van der Waals surface area contributed by atoms with E-state index in [9.17, 15) is 9.59 Å². The van der Waals surface area contributed by atoms with Gasteiger partial charge in [0.15, 0.2) is 0 Å². The zero-order valence-electron chi connectivity index (χ0n) is 21.0. The first-order chi connectivity index (χ1) is 17.9. The molecule has 2 aromatic heterocycles. The molecule has 0 aliphatic carbocycles. The molecule has 1 atom stereocenters. The Morgan fingerprint density at radius 1 is 0.973 bits per heavy atom. The van der Waals surface area contributed by atoms with Crippen LogP contribution in [0.2, 0.25) is 0 Å². The van der Waals surface area contributed by atoms with Crippen LogP contribution in [-0.4, -0.2) is 20.5 Å². The molecule has 2 amide bonds. The highest BCUT2D eigenvalue weighted by molar-refractivity contribution is 5.89. The van der Waals surface area contributed by atoms with Gasteiger partial charge in [-0.25, -0.2) is 9.78 Å². The highest BCUT2D eigenvalue weighted by atomic mass is 16.3. The van der Waals surface area contributed by atoms with E-state index in [0.29, 0.717) is 33.9 Å². The van der Waals surface area contributed by atoms with Crippen LogP contribution >= 0.6 is 0 Å². The van der Waals surface area contributed by atoms with E-state index in [1.54, 1.807) is 27.9 Å². The largest absolute Gasteiger partial charge is 0.467 e. The Labute approximate surface area is 215 Å². The summed E-state index contributed by atoms with van der Waals surface area (Å²) >= 11 is 0. The number of anilines is 1. The molecule has 0 radical (unpaired) electrons. The summed E-state index contributed by atoms with van der Waals surface area (Å²) in [5, 5.41) is 3.51. The smallest absolute Gasteiger partial charge is 0.322 e. The molecule has 7 heteroatoms. The fourth-order valence-corrected chi connectivity index (χ4v) is 4.46. The van der Waals surface area contributed by atoms with E-state index < -0.39 is 6.04 Å². The summed E-state index contributed by atoms with van der Waals surface area (Å²) in [5.41, 5.74) is 3.82. The number of carbonyl (C=O) groups excluding carboxylic acids is 1. The van der Waals surface area contributed by atoms with Crippen molar-refractivity contribution in [1.29, 1.82) is 0 Å². The lowest BCUT2D eigenvalue weighted by Gasteiger charge is -2.30. The van der Waals surface area contributed by atoms with Gasteiger partial charge in [-0.05, 0) is 80.4 Å². The second-order valence-corrected chi connectivity index (χ2v) is 9.15. The highest BCUT2D eigenvalue weighted by Gasteiger charge is 2.28. The van der Waals surface area contributed by atoms with Crippen molar-refractivity contribution in [2.45, 2.75) is 33.4 Å². The van der Waals surface area contributed by atoms with Crippen LogP contribution in [0.15, 0.2) is 100 Å². The van der Waals surface area contributed by atoms with Gasteiger partial charge in [-0.2, -0.15) is 0 Å². The van der Waals surface area contributed by atoms with Gasteiger partial charge in [0.25, 0.3) is 5.56 Å². The summed E-state index contributed by atoms with van der Waals surface area (Å²) in [7, 11) is 0. The molecule has 0 saturated heterocycles. The molecule has 5 aromatic rings. The van der Waals surface area contributed by atoms with Crippen LogP contribution in [0.25, 0.3) is 16.6 Å². The van der Waals surface area contributed by atoms with Gasteiger partial charge >= 0.3 is 6.03 Å². The van der Waals surface area contributed by atoms with Crippen LogP contribution in [-0.2, 0) is 6.54 Å². The maximum absolute atomic E-state index is 13.8. The number of aryl methyl sites for hydroxylation is 2. The normalized spacial score (nSPS) is 11.9. The van der Waals surface area contributed by atoms with Crippen molar-refractivity contribution in [3.63, 3.8) is 0 Å². The summed E-state index contributed by atoms with van der Waals surface area (Å²) in [6.45, 7) is 6.02. The number of carbonyl (C=O) groups is 1. The summed E-state index contributed by atoms with van der Waals surface area (Å²) in [6, 6.07) is 25.3. The Morgan fingerprint density at radius 2 is 1.73 bits per heavy atom. The molecular weight excluding hydrogens is 464 g/mol. The maximum Gasteiger partial charge on any atom is 0.322 e. The minimum Gasteiger partial charge on any atom is -0.467 e. The number of nitrogens with one attached hydrogen (secondary N) is 1. The number of rotatable bonds is 6. The SMILES string of the molecule is Cc1cccc(NC(=O)N(Cc2ccco2)C(C)c2nc3ccccc3c(=O)n2-c2cccc(C)c2)c1. The Bertz CT molecular complexity index is 1620. The van der Waals surface area contributed by atoms with Crippen molar-refractivity contribution < 1.29 is 9.21 Å². The zero-order valence-corrected chi connectivity index (χ0v) is 21.0. The van der Waals surface area contributed by atoms with Crippen LogP contribution in [0.1, 0.15) is 35.7 Å². The minimum absolute atomic E-state index is 0.185. The van der Waals surface area contributed by atoms with Crippen molar-refractivity contribution in [2.24, 2.45) is 0 Å². The van der Waals surface area contributed by atoms with Gasteiger partial charge in [0.1, 0.15) is 11.6 Å². The van der Waals surface area contributed by atoms with Gasteiger partial charge in [0, 0.05) is 5.69 Å². The topological polar surface area (TPSA) is 80.4 Å². The molecule has 0 spiro atoms. The van der Waals surface area contributed by atoms with Gasteiger partial charge in [-0.1, -0.05) is 36.4 Å². The number of fused-ring (bicyclic) bond motifs is 1. The molecule has 1 N–H and O–H groups in total. The van der Waals surface area contributed by atoms with E-state index in [0.717, 1.165) is 11.1 Å². The summed E-state index contributed by atoms with van der Waals surface area (Å²) < 4.78 is 7.19. The van der Waals surface area contributed by atoms with E-state index in [4.69, 9.17) is 9.40 Å². The number of benzene rings is 3. The van der Waals surface area contributed by atoms with Crippen molar-refractivity contribution in [3.05, 3.63) is 124 Å². The van der Waals surface area contributed by atoms with Crippen LogP contribution in [0.4, 0.5) is 10.5 Å². The number of hydrogen-bond acceptors (Lipinski definition) is 4. The molecule has 37 heavy (non-hydrogen) atoms.